The van der Waals surface area contributed by atoms with Crippen LogP contribution in [0.1, 0.15) is 45.4 Å². The number of fused-ring (bicyclic) bond motifs is 2. The zero-order valence-corrected chi connectivity index (χ0v) is 8.79. The van der Waals surface area contributed by atoms with Gasteiger partial charge >= 0.3 is 0 Å². The first-order valence-corrected chi connectivity index (χ1v) is 5.59. The molecule has 2 saturated heterocycles. The molecule has 0 aliphatic carbocycles. The van der Waals surface area contributed by atoms with Gasteiger partial charge in [0.2, 0.25) is 0 Å². The highest BCUT2D eigenvalue weighted by Crippen LogP contribution is 2.39. The Morgan fingerprint density at radius 3 is 2.31 bits per heavy atom. The van der Waals surface area contributed by atoms with Crippen LogP contribution in [0.25, 0.3) is 0 Å². The van der Waals surface area contributed by atoms with Gasteiger partial charge in [0.15, 0.2) is 0 Å². The first-order valence-electron chi connectivity index (χ1n) is 5.59. The van der Waals surface area contributed by atoms with Gasteiger partial charge in [0.1, 0.15) is 0 Å². The molecule has 0 radical (unpaired) electrons. The Labute approximate surface area is 80.9 Å². The van der Waals surface area contributed by atoms with Crippen molar-refractivity contribution >= 4 is 0 Å². The number of nitrogens with zero attached hydrogens (tertiary/aromatic N) is 1. The van der Waals surface area contributed by atoms with Crippen molar-refractivity contribution in [1.82, 2.24) is 4.90 Å². The van der Waals surface area contributed by atoms with Crippen LogP contribution in [0.5, 0.6) is 0 Å². The number of aliphatic hydroxyl groups is 1. The summed E-state index contributed by atoms with van der Waals surface area (Å²) in [6.07, 6.45) is 6.85. The van der Waals surface area contributed by atoms with E-state index < -0.39 is 0 Å². The Morgan fingerprint density at radius 2 is 1.85 bits per heavy atom. The molecule has 2 rings (SSSR count). The van der Waals surface area contributed by atoms with Gasteiger partial charge < -0.3 is 10.0 Å². The maximum atomic E-state index is 10.3. The predicted octanol–water partition coefficient (Wildman–Crippen LogP) is 1.77. The molecule has 0 aromatic heterocycles. The highest BCUT2D eigenvalue weighted by Gasteiger charge is 2.42. The summed E-state index contributed by atoms with van der Waals surface area (Å²) in [6.45, 7) is 2.11. The van der Waals surface area contributed by atoms with Crippen molar-refractivity contribution in [2.24, 2.45) is 0 Å². The van der Waals surface area contributed by atoms with Gasteiger partial charge in [0.05, 0.1) is 5.60 Å². The second-order valence-corrected chi connectivity index (χ2v) is 4.89. The molecular formula is C11H21NO. The van der Waals surface area contributed by atoms with Crippen LogP contribution in [0.4, 0.5) is 0 Å². The van der Waals surface area contributed by atoms with E-state index in [0.717, 1.165) is 19.3 Å². The smallest absolute Gasteiger partial charge is 0.0675 e. The van der Waals surface area contributed by atoms with Crippen molar-refractivity contribution < 1.29 is 5.11 Å². The van der Waals surface area contributed by atoms with Crippen LogP contribution in [0.2, 0.25) is 0 Å². The lowest BCUT2D eigenvalue weighted by Crippen LogP contribution is -2.56. The quantitative estimate of drug-likeness (QED) is 0.670. The Hall–Kier alpha value is -0.0800. The van der Waals surface area contributed by atoms with Gasteiger partial charge in [0, 0.05) is 12.1 Å². The minimum Gasteiger partial charge on any atom is -0.390 e. The number of hydrogen-bond donors (Lipinski definition) is 1. The van der Waals surface area contributed by atoms with E-state index in [1.807, 2.05) is 0 Å². The van der Waals surface area contributed by atoms with Crippen molar-refractivity contribution in [2.45, 2.75) is 63.1 Å². The van der Waals surface area contributed by atoms with Crippen LogP contribution in [0.3, 0.4) is 0 Å². The molecule has 2 aliphatic rings. The molecule has 0 saturated carbocycles. The van der Waals surface area contributed by atoms with E-state index in [1.54, 1.807) is 0 Å². The number of rotatable bonds is 1. The summed E-state index contributed by atoms with van der Waals surface area (Å²) in [5.41, 5.74) is -0.345. The van der Waals surface area contributed by atoms with Crippen molar-refractivity contribution in [1.29, 1.82) is 0 Å². The fraction of sp³-hybridized carbons (Fsp3) is 1.00. The van der Waals surface area contributed by atoms with E-state index in [4.69, 9.17) is 0 Å². The third-order valence-electron chi connectivity index (χ3n) is 4.12. The van der Waals surface area contributed by atoms with E-state index in [-0.39, 0.29) is 5.60 Å². The molecule has 1 N–H and O–H groups in total. The van der Waals surface area contributed by atoms with Crippen molar-refractivity contribution in [3.05, 3.63) is 0 Å². The van der Waals surface area contributed by atoms with Gasteiger partial charge in [0.25, 0.3) is 0 Å². The van der Waals surface area contributed by atoms with Gasteiger partial charge in [-0.05, 0) is 39.2 Å². The van der Waals surface area contributed by atoms with E-state index in [1.165, 1.54) is 19.3 Å². The summed E-state index contributed by atoms with van der Waals surface area (Å²) in [7, 11) is 2.23. The minimum atomic E-state index is -0.345. The lowest BCUT2D eigenvalue weighted by molar-refractivity contribution is -0.0842. The maximum Gasteiger partial charge on any atom is 0.0675 e. The summed E-state index contributed by atoms with van der Waals surface area (Å²) in [5, 5.41) is 10.3. The second-order valence-electron chi connectivity index (χ2n) is 4.89. The molecule has 0 spiro atoms. The van der Waals surface area contributed by atoms with E-state index in [9.17, 15) is 5.11 Å². The highest BCUT2D eigenvalue weighted by atomic mass is 16.3. The molecule has 2 fully saturated rings. The maximum absolute atomic E-state index is 10.3. The lowest BCUT2D eigenvalue weighted by atomic mass is 9.75. The Bertz CT molecular complexity index is 179. The van der Waals surface area contributed by atoms with Crippen LogP contribution in [-0.2, 0) is 0 Å². The molecule has 2 heteroatoms. The van der Waals surface area contributed by atoms with Gasteiger partial charge in [-0.15, -0.1) is 0 Å². The summed E-state index contributed by atoms with van der Waals surface area (Å²) >= 11 is 0. The molecule has 2 heterocycles. The molecule has 2 nitrogen and oxygen atoms in total. The Kier molecular flexibility index (Phi) is 2.37. The summed E-state index contributed by atoms with van der Waals surface area (Å²) in [4.78, 5) is 2.49. The van der Waals surface area contributed by atoms with Crippen LogP contribution in [0, 0.1) is 0 Å². The molecule has 2 aliphatic heterocycles. The minimum absolute atomic E-state index is 0.345. The number of hydrogen-bond acceptors (Lipinski definition) is 2. The van der Waals surface area contributed by atoms with Gasteiger partial charge in [-0.25, -0.2) is 0 Å². The summed E-state index contributed by atoms with van der Waals surface area (Å²) in [6, 6.07) is 1.30. The standard InChI is InChI=1S/C11H21NO/c1-3-11(13)7-9-5-4-6-10(8-11)12(9)2/h9-10,13H,3-8H2,1-2H3. The van der Waals surface area contributed by atoms with Gasteiger partial charge in [-0.1, -0.05) is 13.3 Å². The average Bonchev–Trinajstić information content (AvgIpc) is 2.08. The molecule has 2 bridgehead atoms. The highest BCUT2D eigenvalue weighted by molar-refractivity contribution is 4.97. The van der Waals surface area contributed by atoms with Crippen LogP contribution < -0.4 is 0 Å². The molecule has 13 heavy (non-hydrogen) atoms. The molecule has 0 aromatic carbocycles. The summed E-state index contributed by atoms with van der Waals surface area (Å²) in [5.74, 6) is 0. The fourth-order valence-electron chi connectivity index (χ4n) is 3.04. The molecule has 2 atom stereocenters. The molecule has 76 valence electrons. The van der Waals surface area contributed by atoms with Crippen molar-refractivity contribution in [2.75, 3.05) is 7.05 Å². The summed E-state index contributed by atoms with van der Waals surface area (Å²) < 4.78 is 0. The average molecular weight is 183 g/mol. The van der Waals surface area contributed by atoms with E-state index in [2.05, 4.69) is 18.9 Å². The largest absolute Gasteiger partial charge is 0.390 e. The van der Waals surface area contributed by atoms with Crippen LogP contribution in [0.15, 0.2) is 0 Å². The van der Waals surface area contributed by atoms with Crippen LogP contribution in [-0.4, -0.2) is 34.7 Å². The normalized spacial score (nSPS) is 46.4. The monoisotopic (exact) mass is 183 g/mol. The first-order chi connectivity index (χ1) is 6.14. The van der Waals surface area contributed by atoms with Crippen molar-refractivity contribution in [3.63, 3.8) is 0 Å². The predicted molar refractivity (Wildman–Crippen MR) is 53.7 cm³/mol. The Morgan fingerprint density at radius 1 is 1.31 bits per heavy atom. The molecular weight excluding hydrogens is 162 g/mol. The third-order valence-corrected chi connectivity index (χ3v) is 4.12. The van der Waals surface area contributed by atoms with Gasteiger partial charge in [-0.3, -0.25) is 0 Å². The third kappa shape index (κ3) is 1.62. The number of piperidine rings is 2. The topological polar surface area (TPSA) is 23.5 Å². The Balaban J connectivity index is 2.11. The lowest BCUT2D eigenvalue weighted by Gasteiger charge is -2.50. The molecule has 0 aromatic rings. The molecule has 0 amide bonds. The zero-order chi connectivity index (χ0) is 9.47. The zero-order valence-electron chi connectivity index (χ0n) is 8.79. The first kappa shape index (κ1) is 9.47. The fourth-order valence-corrected chi connectivity index (χ4v) is 3.04. The van der Waals surface area contributed by atoms with Crippen molar-refractivity contribution in [3.8, 4) is 0 Å². The molecule has 2 unspecified atom stereocenters. The van der Waals surface area contributed by atoms with Crippen LogP contribution >= 0.6 is 0 Å². The van der Waals surface area contributed by atoms with E-state index >= 15 is 0 Å². The SMILES string of the molecule is CCC1(O)CC2CCCC(C1)N2C. The second kappa shape index (κ2) is 3.25. The van der Waals surface area contributed by atoms with Gasteiger partial charge in [-0.2, -0.15) is 0 Å². The van der Waals surface area contributed by atoms with E-state index in [0.29, 0.717) is 12.1 Å².